The van der Waals surface area contributed by atoms with Gasteiger partial charge in [-0.25, -0.2) is 12.7 Å². The lowest BCUT2D eigenvalue weighted by Gasteiger charge is -2.16. The Balaban J connectivity index is 2.14. The smallest absolute Gasteiger partial charge is 0.272 e. The number of anilines is 1. The molecule has 0 bridgehead atoms. The highest BCUT2D eigenvalue weighted by molar-refractivity contribution is 7.93. The van der Waals surface area contributed by atoms with Crippen LogP contribution in [0.3, 0.4) is 0 Å². The number of aromatic nitrogens is 1. The molecule has 7 heteroatoms. The lowest BCUT2D eigenvalue weighted by Crippen LogP contribution is -2.30. The van der Waals surface area contributed by atoms with Crippen molar-refractivity contribution in [1.82, 2.24) is 5.16 Å². The van der Waals surface area contributed by atoms with E-state index in [-0.39, 0.29) is 17.4 Å². The first-order valence-electron chi connectivity index (χ1n) is 5.69. The number of para-hydroxylation sites is 2. The van der Waals surface area contributed by atoms with Crippen molar-refractivity contribution in [3.63, 3.8) is 0 Å². The van der Waals surface area contributed by atoms with E-state index in [0.717, 1.165) is 0 Å². The second kappa shape index (κ2) is 3.99. The van der Waals surface area contributed by atoms with Crippen LogP contribution in [0.1, 0.15) is 11.5 Å². The first-order chi connectivity index (χ1) is 9.01. The topological polar surface area (TPSA) is 72.6 Å². The summed E-state index contributed by atoms with van der Waals surface area (Å²) in [6.45, 7) is 3.15. The van der Waals surface area contributed by atoms with Crippen LogP contribution in [-0.2, 0) is 10.0 Å². The monoisotopic (exact) mass is 280 g/mol. The Labute approximate surface area is 110 Å². The van der Waals surface area contributed by atoms with E-state index >= 15 is 0 Å². The summed E-state index contributed by atoms with van der Waals surface area (Å²) in [5.41, 5.74) is 0.879. The van der Waals surface area contributed by atoms with Gasteiger partial charge in [0, 0.05) is 0 Å². The zero-order valence-electron chi connectivity index (χ0n) is 10.5. The Morgan fingerprint density at radius 2 is 2.00 bits per heavy atom. The summed E-state index contributed by atoms with van der Waals surface area (Å²) in [6, 6.07) is 7.00. The highest BCUT2D eigenvalue weighted by Gasteiger charge is 2.36. The Kier molecular flexibility index (Phi) is 2.53. The van der Waals surface area contributed by atoms with E-state index in [1.807, 2.05) is 0 Å². The van der Waals surface area contributed by atoms with E-state index in [4.69, 9.17) is 9.26 Å². The van der Waals surface area contributed by atoms with Crippen molar-refractivity contribution in [3.8, 4) is 5.75 Å². The molecule has 0 radical (unpaired) electrons. The maximum Gasteiger partial charge on any atom is 0.272 e. The third-order valence-electron chi connectivity index (χ3n) is 2.99. The van der Waals surface area contributed by atoms with Gasteiger partial charge in [-0.05, 0) is 26.0 Å². The Bertz CT molecular complexity index is 716. The number of benzene rings is 1. The number of nitrogens with zero attached hydrogens (tertiary/aromatic N) is 2. The number of aryl methyl sites for hydroxylation is 2. The molecule has 0 aliphatic carbocycles. The Hall–Kier alpha value is -2.02. The number of ether oxygens (including phenoxy) is 1. The maximum absolute atomic E-state index is 12.6. The molecular weight excluding hydrogens is 268 g/mol. The van der Waals surface area contributed by atoms with E-state index in [0.29, 0.717) is 17.1 Å². The van der Waals surface area contributed by atoms with Gasteiger partial charge in [0.25, 0.3) is 10.0 Å². The number of rotatable bonds is 2. The third kappa shape index (κ3) is 1.69. The van der Waals surface area contributed by atoms with E-state index in [2.05, 4.69) is 5.16 Å². The molecule has 0 atom stereocenters. The fourth-order valence-electron chi connectivity index (χ4n) is 2.13. The van der Waals surface area contributed by atoms with Gasteiger partial charge in [0.1, 0.15) is 11.4 Å². The summed E-state index contributed by atoms with van der Waals surface area (Å²) >= 11 is 0. The van der Waals surface area contributed by atoms with Crippen LogP contribution in [0, 0.1) is 13.8 Å². The molecule has 0 N–H and O–H groups in total. The summed E-state index contributed by atoms with van der Waals surface area (Å²) in [7, 11) is -3.72. The van der Waals surface area contributed by atoms with Crippen molar-refractivity contribution in [3.05, 3.63) is 35.7 Å². The van der Waals surface area contributed by atoms with Gasteiger partial charge in [-0.3, -0.25) is 0 Å². The minimum Gasteiger partial charge on any atom is -0.470 e. The van der Waals surface area contributed by atoms with Crippen molar-refractivity contribution in [2.45, 2.75) is 18.7 Å². The minimum atomic E-state index is -3.72. The molecule has 19 heavy (non-hydrogen) atoms. The molecule has 0 amide bonds. The van der Waals surface area contributed by atoms with Gasteiger partial charge >= 0.3 is 0 Å². The lowest BCUT2D eigenvalue weighted by molar-refractivity contribution is 0.360. The second-order valence-electron chi connectivity index (χ2n) is 4.25. The standard InChI is InChI=1S/C12H12N2O4S/c1-8-12(9(2)18-13-8)19(15,16)14-7-17-11-6-4-3-5-10(11)14/h3-6H,7H2,1-2H3. The number of hydrogen-bond donors (Lipinski definition) is 0. The highest BCUT2D eigenvalue weighted by Crippen LogP contribution is 2.38. The zero-order valence-corrected chi connectivity index (χ0v) is 11.3. The fourth-order valence-corrected chi connectivity index (χ4v) is 3.77. The summed E-state index contributed by atoms with van der Waals surface area (Å²) in [5, 5.41) is 3.69. The predicted molar refractivity (Wildman–Crippen MR) is 67.6 cm³/mol. The Morgan fingerprint density at radius 3 is 2.68 bits per heavy atom. The van der Waals surface area contributed by atoms with Crippen LogP contribution in [-0.4, -0.2) is 20.3 Å². The molecule has 0 saturated carbocycles. The van der Waals surface area contributed by atoms with Gasteiger partial charge in [0.05, 0.1) is 5.69 Å². The SMILES string of the molecule is Cc1noc(C)c1S(=O)(=O)N1COc2ccccc21. The molecule has 0 fully saturated rings. The maximum atomic E-state index is 12.6. The minimum absolute atomic E-state index is 0.0360. The van der Waals surface area contributed by atoms with Crippen LogP contribution in [0.15, 0.2) is 33.7 Å². The molecule has 1 aromatic carbocycles. The van der Waals surface area contributed by atoms with Crippen molar-refractivity contribution in [1.29, 1.82) is 0 Å². The van der Waals surface area contributed by atoms with Crippen LogP contribution in [0.5, 0.6) is 5.75 Å². The van der Waals surface area contributed by atoms with Gasteiger partial charge < -0.3 is 9.26 Å². The summed E-state index contributed by atoms with van der Waals surface area (Å²) < 4.78 is 36.8. The number of fused-ring (bicyclic) bond motifs is 1. The highest BCUT2D eigenvalue weighted by atomic mass is 32.2. The summed E-state index contributed by atoms with van der Waals surface area (Å²) in [5.74, 6) is 0.833. The quantitative estimate of drug-likeness (QED) is 0.839. The van der Waals surface area contributed by atoms with E-state index < -0.39 is 10.0 Å². The lowest BCUT2D eigenvalue weighted by atomic mass is 10.3. The molecule has 0 saturated heterocycles. The molecule has 1 aliphatic heterocycles. The molecule has 1 aromatic heterocycles. The molecule has 6 nitrogen and oxygen atoms in total. The number of hydrogen-bond acceptors (Lipinski definition) is 5. The third-order valence-corrected chi connectivity index (χ3v) is 4.97. The van der Waals surface area contributed by atoms with Crippen molar-refractivity contribution in [2.24, 2.45) is 0 Å². The van der Waals surface area contributed by atoms with Gasteiger partial charge in [-0.2, -0.15) is 0 Å². The van der Waals surface area contributed by atoms with Crippen LogP contribution in [0.4, 0.5) is 5.69 Å². The first kappa shape index (κ1) is 12.0. The van der Waals surface area contributed by atoms with Gasteiger partial charge in [0.2, 0.25) is 0 Å². The van der Waals surface area contributed by atoms with Crippen LogP contribution < -0.4 is 9.04 Å². The van der Waals surface area contributed by atoms with Crippen LogP contribution in [0.25, 0.3) is 0 Å². The van der Waals surface area contributed by atoms with Gasteiger partial charge in [0.15, 0.2) is 17.4 Å². The average Bonchev–Trinajstić information content (AvgIpc) is 2.93. The molecular formula is C12H12N2O4S. The van der Waals surface area contributed by atoms with Crippen molar-refractivity contribution < 1.29 is 17.7 Å². The fraction of sp³-hybridized carbons (Fsp3) is 0.250. The molecule has 0 unspecified atom stereocenters. The normalized spacial score (nSPS) is 14.3. The molecule has 100 valence electrons. The average molecular weight is 280 g/mol. The molecule has 2 aromatic rings. The molecule has 2 heterocycles. The number of sulfonamides is 1. The summed E-state index contributed by atoms with van der Waals surface area (Å²) in [6.07, 6.45) is 0. The van der Waals surface area contributed by atoms with Crippen LogP contribution >= 0.6 is 0 Å². The molecule has 0 spiro atoms. The van der Waals surface area contributed by atoms with Gasteiger partial charge in [-0.15, -0.1) is 0 Å². The van der Waals surface area contributed by atoms with Crippen LogP contribution in [0.2, 0.25) is 0 Å². The van der Waals surface area contributed by atoms with E-state index in [1.165, 1.54) is 4.31 Å². The van der Waals surface area contributed by atoms with Crippen molar-refractivity contribution >= 4 is 15.7 Å². The zero-order chi connectivity index (χ0) is 13.6. The predicted octanol–water partition coefficient (Wildman–Crippen LogP) is 1.84. The summed E-state index contributed by atoms with van der Waals surface area (Å²) in [4.78, 5) is 0.104. The molecule has 1 aliphatic rings. The Morgan fingerprint density at radius 1 is 1.26 bits per heavy atom. The van der Waals surface area contributed by atoms with Crippen molar-refractivity contribution in [2.75, 3.05) is 11.0 Å². The second-order valence-corrected chi connectivity index (χ2v) is 6.05. The first-order valence-corrected chi connectivity index (χ1v) is 7.13. The van der Waals surface area contributed by atoms with Gasteiger partial charge in [-0.1, -0.05) is 17.3 Å². The largest absolute Gasteiger partial charge is 0.470 e. The molecule has 3 rings (SSSR count). The van der Waals surface area contributed by atoms with E-state index in [1.54, 1.807) is 38.1 Å². The van der Waals surface area contributed by atoms with E-state index in [9.17, 15) is 8.42 Å².